The summed E-state index contributed by atoms with van der Waals surface area (Å²) in [5.41, 5.74) is 2.11. The van der Waals surface area contributed by atoms with Crippen molar-refractivity contribution in [3.8, 4) is 11.5 Å². The molecule has 1 aliphatic heterocycles. The second kappa shape index (κ2) is 8.86. The van der Waals surface area contributed by atoms with Gasteiger partial charge in [0.05, 0.1) is 20.3 Å². The average Bonchev–Trinajstić information content (AvgIpc) is 2.67. The number of likely N-dealkylation sites (N-methyl/N-ethyl adjacent to an activating group) is 1. The number of nitrogens with one attached hydrogen (secondary N) is 1. The molecule has 1 amide bonds. The average molecular weight is 372 g/mol. The number of ether oxygens (including phenoxy) is 2. The van der Waals surface area contributed by atoms with Gasteiger partial charge in [0.2, 0.25) is 5.91 Å². The molecule has 1 atom stereocenters. The smallest absolute Gasteiger partial charge is 0.234 e. The number of halogens is 1. The van der Waals surface area contributed by atoms with Gasteiger partial charge in [-0.3, -0.25) is 9.69 Å². The van der Waals surface area contributed by atoms with Crippen LogP contribution >= 0.6 is 0 Å². The highest BCUT2D eigenvalue weighted by molar-refractivity contribution is 5.78. The van der Waals surface area contributed by atoms with Crippen LogP contribution in [0, 0.1) is 11.7 Å². The maximum atomic E-state index is 12.9. The Kier molecular flexibility index (Phi) is 6.29. The van der Waals surface area contributed by atoms with E-state index in [9.17, 15) is 9.18 Å². The molecule has 5 nitrogen and oxygen atoms in total. The van der Waals surface area contributed by atoms with Crippen molar-refractivity contribution < 1.29 is 18.7 Å². The van der Waals surface area contributed by atoms with Gasteiger partial charge in [0.25, 0.3) is 0 Å². The number of carbonyl (C=O) groups excluding carboxylic acids is 1. The first-order valence-corrected chi connectivity index (χ1v) is 9.03. The zero-order chi connectivity index (χ0) is 19.2. The first-order valence-electron chi connectivity index (χ1n) is 9.03. The van der Waals surface area contributed by atoms with Gasteiger partial charge in [-0.05, 0) is 42.8 Å². The van der Waals surface area contributed by atoms with Gasteiger partial charge >= 0.3 is 0 Å². The standard InChI is InChI=1S/C21H25FN2O3/c1-24(12-15-3-6-18(22)7-4-15)13-21(25)23-11-16-9-17-5-8-19(26-2)10-20(17)27-14-16/h3-8,10,16H,9,11-14H2,1-2H3,(H,23,25). The monoisotopic (exact) mass is 372 g/mol. The van der Waals surface area contributed by atoms with Crippen molar-refractivity contribution in [2.24, 2.45) is 5.92 Å². The summed E-state index contributed by atoms with van der Waals surface area (Å²) in [6.45, 7) is 2.04. The van der Waals surface area contributed by atoms with Crippen molar-refractivity contribution in [3.63, 3.8) is 0 Å². The predicted molar refractivity (Wildman–Crippen MR) is 101 cm³/mol. The molecule has 0 bridgehead atoms. The van der Waals surface area contributed by atoms with E-state index >= 15 is 0 Å². The van der Waals surface area contributed by atoms with Gasteiger partial charge in [0, 0.05) is 25.1 Å². The lowest BCUT2D eigenvalue weighted by Gasteiger charge is -2.26. The molecular formula is C21H25FN2O3. The van der Waals surface area contributed by atoms with E-state index in [1.165, 1.54) is 12.1 Å². The lowest BCUT2D eigenvalue weighted by molar-refractivity contribution is -0.122. The van der Waals surface area contributed by atoms with Crippen molar-refractivity contribution in [2.45, 2.75) is 13.0 Å². The van der Waals surface area contributed by atoms with Crippen LogP contribution in [0.4, 0.5) is 4.39 Å². The Morgan fingerprint density at radius 2 is 2.07 bits per heavy atom. The molecule has 0 aromatic heterocycles. The summed E-state index contributed by atoms with van der Waals surface area (Å²) in [5, 5.41) is 2.99. The molecule has 2 aromatic rings. The quantitative estimate of drug-likeness (QED) is 0.812. The van der Waals surface area contributed by atoms with E-state index in [4.69, 9.17) is 9.47 Å². The Morgan fingerprint density at radius 1 is 1.30 bits per heavy atom. The molecule has 1 heterocycles. The number of hydrogen-bond donors (Lipinski definition) is 1. The van der Waals surface area contributed by atoms with Crippen LogP contribution in [-0.4, -0.2) is 44.7 Å². The van der Waals surface area contributed by atoms with Crippen LogP contribution in [0.3, 0.4) is 0 Å². The predicted octanol–water partition coefficient (Wildman–Crippen LogP) is 2.63. The third kappa shape index (κ3) is 5.44. The second-order valence-corrected chi connectivity index (χ2v) is 6.96. The highest BCUT2D eigenvalue weighted by atomic mass is 19.1. The normalized spacial score (nSPS) is 15.8. The molecule has 6 heteroatoms. The number of benzene rings is 2. The fourth-order valence-corrected chi connectivity index (χ4v) is 3.19. The minimum absolute atomic E-state index is 0.0276. The van der Waals surface area contributed by atoms with Crippen molar-refractivity contribution in [1.82, 2.24) is 10.2 Å². The van der Waals surface area contributed by atoms with Crippen LogP contribution in [-0.2, 0) is 17.8 Å². The van der Waals surface area contributed by atoms with E-state index in [2.05, 4.69) is 5.32 Å². The zero-order valence-corrected chi connectivity index (χ0v) is 15.7. The Hall–Kier alpha value is -2.60. The van der Waals surface area contributed by atoms with Gasteiger partial charge in [0.15, 0.2) is 0 Å². The van der Waals surface area contributed by atoms with Crippen LogP contribution in [0.5, 0.6) is 11.5 Å². The maximum absolute atomic E-state index is 12.9. The molecule has 27 heavy (non-hydrogen) atoms. The molecule has 0 spiro atoms. The summed E-state index contributed by atoms with van der Waals surface area (Å²) in [7, 11) is 3.51. The zero-order valence-electron chi connectivity index (χ0n) is 15.7. The third-order valence-corrected chi connectivity index (χ3v) is 4.62. The number of hydrogen-bond acceptors (Lipinski definition) is 4. The number of fused-ring (bicyclic) bond motifs is 1. The van der Waals surface area contributed by atoms with E-state index in [1.54, 1.807) is 19.2 Å². The summed E-state index contributed by atoms with van der Waals surface area (Å²) < 4.78 is 24.0. The topological polar surface area (TPSA) is 50.8 Å². The summed E-state index contributed by atoms with van der Waals surface area (Å²) in [6.07, 6.45) is 0.866. The molecule has 1 N–H and O–H groups in total. The van der Waals surface area contributed by atoms with E-state index < -0.39 is 0 Å². The van der Waals surface area contributed by atoms with Crippen molar-refractivity contribution in [1.29, 1.82) is 0 Å². The SMILES string of the molecule is COc1ccc2c(c1)OCC(CNC(=O)CN(C)Cc1ccc(F)cc1)C2. The molecule has 0 saturated heterocycles. The number of nitrogens with zero attached hydrogens (tertiary/aromatic N) is 1. The number of rotatable bonds is 7. The van der Waals surface area contributed by atoms with Crippen LogP contribution in [0.2, 0.25) is 0 Å². The molecule has 1 unspecified atom stereocenters. The summed E-state index contributed by atoms with van der Waals surface area (Å²) in [6, 6.07) is 12.2. The van der Waals surface area contributed by atoms with E-state index in [0.717, 1.165) is 29.0 Å². The third-order valence-electron chi connectivity index (χ3n) is 4.62. The van der Waals surface area contributed by atoms with Crippen LogP contribution < -0.4 is 14.8 Å². The molecule has 0 radical (unpaired) electrons. The van der Waals surface area contributed by atoms with E-state index in [-0.39, 0.29) is 17.6 Å². The fourth-order valence-electron chi connectivity index (χ4n) is 3.19. The molecule has 0 aliphatic carbocycles. The van der Waals surface area contributed by atoms with Crippen LogP contribution in [0.25, 0.3) is 0 Å². The highest BCUT2D eigenvalue weighted by Crippen LogP contribution is 2.30. The Morgan fingerprint density at radius 3 is 2.81 bits per heavy atom. The lowest BCUT2D eigenvalue weighted by Crippen LogP contribution is -2.39. The van der Waals surface area contributed by atoms with E-state index in [0.29, 0.717) is 26.2 Å². The first-order chi connectivity index (χ1) is 13.0. The number of carbonyl (C=O) groups is 1. The molecule has 0 saturated carbocycles. The molecular weight excluding hydrogens is 347 g/mol. The van der Waals surface area contributed by atoms with E-state index in [1.807, 2.05) is 30.1 Å². The van der Waals surface area contributed by atoms with Gasteiger partial charge in [-0.25, -0.2) is 4.39 Å². The van der Waals surface area contributed by atoms with Crippen LogP contribution in [0.1, 0.15) is 11.1 Å². The van der Waals surface area contributed by atoms with Crippen LogP contribution in [0.15, 0.2) is 42.5 Å². The van der Waals surface area contributed by atoms with Gasteiger partial charge in [-0.1, -0.05) is 18.2 Å². The Labute approximate surface area is 159 Å². The molecule has 144 valence electrons. The minimum atomic E-state index is -0.256. The van der Waals surface area contributed by atoms with Gasteiger partial charge in [-0.15, -0.1) is 0 Å². The van der Waals surface area contributed by atoms with Gasteiger partial charge in [0.1, 0.15) is 17.3 Å². The van der Waals surface area contributed by atoms with Crippen molar-refractivity contribution >= 4 is 5.91 Å². The van der Waals surface area contributed by atoms with Crippen molar-refractivity contribution in [3.05, 3.63) is 59.4 Å². The van der Waals surface area contributed by atoms with Gasteiger partial charge in [-0.2, -0.15) is 0 Å². The summed E-state index contributed by atoms with van der Waals surface area (Å²) in [4.78, 5) is 14.1. The Balaban J connectivity index is 1.43. The van der Waals surface area contributed by atoms with Gasteiger partial charge < -0.3 is 14.8 Å². The number of amides is 1. The molecule has 1 aliphatic rings. The minimum Gasteiger partial charge on any atom is -0.497 e. The summed E-state index contributed by atoms with van der Waals surface area (Å²) in [5.74, 6) is 1.60. The molecule has 2 aromatic carbocycles. The second-order valence-electron chi connectivity index (χ2n) is 6.96. The van der Waals surface area contributed by atoms with Crippen molar-refractivity contribution in [2.75, 3.05) is 33.9 Å². The number of methoxy groups -OCH3 is 1. The molecule has 0 fully saturated rings. The maximum Gasteiger partial charge on any atom is 0.234 e. The Bertz CT molecular complexity index is 779. The highest BCUT2D eigenvalue weighted by Gasteiger charge is 2.21. The first kappa shape index (κ1) is 19.2. The largest absolute Gasteiger partial charge is 0.497 e. The lowest BCUT2D eigenvalue weighted by atomic mass is 9.96. The fraction of sp³-hybridized carbons (Fsp3) is 0.381. The summed E-state index contributed by atoms with van der Waals surface area (Å²) >= 11 is 0. The molecule has 3 rings (SSSR count).